The van der Waals surface area contributed by atoms with E-state index in [0.29, 0.717) is 6.79 Å². The van der Waals surface area contributed by atoms with Crippen molar-refractivity contribution in [2.24, 2.45) is 0 Å². The van der Waals surface area contributed by atoms with Crippen LogP contribution in [0.25, 0.3) is 0 Å². The molecule has 0 aliphatic heterocycles. The van der Waals surface area contributed by atoms with Gasteiger partial charge in [0.2, 0.25) is 0 Å². The molecule has 0 atom stereocenters. The zero-order valence-electron chi connectivity index (χ0n) is 8.64. The van der Waals surface area contributed by atoms with Crippen LogP contribution in [-0.2, 0) is 9.16 Å². The lowest BCUT2D eigenvalue weighted by molar-refractivity contribution is 0.0118. The molecule has 0 fully saturated rings. The van der Waals surface area contributed by atoms with Gasteiger partial charge in [-0.1, -0.05) is 27.2 Å². The van der Waals surface area contributed by atoms with Gasteiger partial charge in [0.15, 0.2) is 9.04 Å². The normalized spacial score (nSPS) is 11.0. The molecule has 12 heavy (non-hydrogen) atoms. The van der Waals surface area contributed by atoms with Gasteiger partial charge in [-0.15, -0.1) is 0 Å². The summed E-state index contributed by atoms with van der Waals surface area (Å²) in [6.07, 6.45) is 2.34. The van der Waals surface area contributed by atoms with Crippen molar-refractivity contribution in [3.05, 3.63) is 0 Å². The van der Waals surface area contributed by atoms with Crippen LogP contribution in [0.15, 0.2) is 0 Å². The third kappa shape index (κ3) is 6.82. The highest BCUT2D eigenvalue weighted by Gasteiger charge is 2.04. The molecule has 0 saturated carbocycles. The van der Waals surface area contributed by atoms with E-state index in [-0.39, 0.29) is 0 Å². The summed E-state index contributed by atoms with van der Waals surface area (Å²) in [5.74, 6) is 0. The lowest BCUT2D eigenvalue weighted by Crippen LogP contribution is -2.17. The van der Waals surface area contributed by atoms with E-state index in [1.165, 1.54) is 18.5 Å². The van der Waals surface area contributed by atoms with Crippen molar-refractivity contribution in [2.45, 2.75) is 45.7 Å². The molecule has 74 valence electrons. The molecule has 0 spiro atoms. The van der Waals surface area contributed by atoms with Crippen molar-refractivity contribution in [1.29, 1.82) is 0 Å². The zero-order chi connectivity index (χ0) is 9.23. The van der Waals surface area contributed by atoms with Crippen molar-refractivity contribution in [3.63, 3.8) is 0 Å². The number of hydrogen-bond acceptors (Lipinski definition) is 2. The molecule has 0 aromatic rings. The molecule has 0 saturated heterocycles. The van der Waals surface area contributed by atoms with E-state index < -0.39 is 9.04 Å². The maximum Gasteiger partial charge on any atom is 0.179 e. The Balaban J connectivity index is 3.06. The Morgan fingerprint density at radius 2 is 1.75 bits per heavy atom. The first-order valence-corrected chi connectivity index (χ1v) is 7.14. The van der Waals surface area contributed by atoms with Crippen molar-refractivity contribution in [2.75, 3.05) is 13.4 Å². The first-order chi connectivity index (χ1) is 5.85. The molecule has 0 radical (unpaired) electrons. The van der Waals surface area contributed by atoms with Crippen LogP contribution in [-0.4, -0.2) is 22.4 Å². The maximum atomic E-state index is 5.60. The minimum Gasteiger partial charge on any atom is -0.398 e. The zero-order valence-corrected chi connectivity index (χ0v) is 9.79. The Bertz CT molecular complexity index is 84.6. The van der Waals surface area contributed by atoms with Gasteiger partial charge in [-0.2, -0.15) is 0 Å². The van der Waals surface area contributed by atoms with Crippen LogP contribution in [0.2, 0.25) is 12.1 Å². The summed E-state index contributed by atoms with van der Waals surface area (Å²) in [4.78, 5) is 0. The molecule has 0 heterocycles. The fourth-order valence-electron chi connectivity index (χ4n) is 0.974. The highest BCUT2D eigenvalue weighted by atomic mass is 28.3. The first-order valence-electron chi connectivity index (χ1n) is 5.04. The fraction of sp³-hybridized carbons (Fsp3) is 1.00. The van der Waals surface area contributed by atoms with E-state index in [1.54, 1.807) is 0 Å². The summed E-state index contributed by atoms with van der Waals surface area (Å²) in [5.41, 5.74) is 0. The van der Waals surface area contributed by atoms with Crippen LogP contribution >= 0.6 is 0 Å². The topological polar surface area (TPSA) is 18.5 Å². The molecule has 0 bridgehead atoms. The van der Waals surface area contributed by atoms with Crippen molar-refractivity contribution < 1.29 is 9.16 Å². The van der Waals surface area contributed by atoms with E-state index in [4.69, 9.17) is 9.16 Å². The van der Waals surface area contributed by atoms with Gasteiger partial charge in [0.05, 0.1) is 0 Å². The second-order valence-corrected chi connectivity index (χ2v) is 6.20. The van der Waals surface area contributed by atoms with E-state index in [0.717, 1.165) is 13.0 Å². The van der Waals surface area contributed by atoms with Crippen LogP contribution in [0.3, 0.4) is 0 Å². The van der Waals surface area contributed by atoms with Gasteiger partial charge in [-0.25, -0.2) is 0 Å². The van der Waals surface area contributed by atoms with Gasteiger partial charge in [0, 0.05) is 6.61 Å². The van der Waals surface area contributed by atoms with Crippen LogP contribution < -0.4 is 0 Å². The van der Waals surface area contributed by atoms with Gasteiger partial charge >= 0.3 is 0 Å². The summed E-state index contributed by atoms with van der Waals surface area (Å²) < 4.78 is 10.9. The van der Waals surface area contributed by atoms with Crippen LogP contribution in [0.1, 0.15) is 33.6 Å². The number of ether oxygens (including phenoxy) is 1. The smallest absolute Gasteiger partial charge is 0.179 e. The summed E-state index contributed by atoms with van der Waals surface area (Å²) in [7, 11) is -0.869. The van der Waals surface area contributed by atoms with Gasteiger partial charge < -0.3 is 9.16 Å². The summed E-state index contributed by atoms with van der Waals surface area (Å²) in [6.45, 7) is 7.95. The Labute approximate surface area is 78.0 Å². The summed E-state index contributed by atoms with van der Waals surface area (Å²) in [6, 6.07) is 2.43. The molecule has 0 unspecified atom stereocenters. The highest BCUT2D eigenvalue weighted by Crippen LogP contribution is 1.99. The van der Waals surface area contributed by atoms with Crippen LogP contribution in [0.4, 0.5) is 0 Å². The number of rotatable bonds is 8. The summed E-state index contributed by atoms with van der Waals surface area (Å²) >= 11 is 0. The van der Waals surface area contributed by atoms with Crippen LogP contribution in [0, 0.1) is 0 Å². The Kier molecular flexibility index (Phi) is 9.33. The third-order valence-corrected chi connectivity index (χ3v) is 4.37. The van der Waals surface area contributed by atoms with Gasteiger partial charge in [0.1, 0.15) is 6.79 Å². The molecular weight excluding hydrogens is 168 g/mol. The van der Waals surface area contributed by atoms with E-state index >= 15 is 0 Å². The molecule has 0 aromatic heterocycles. The minimum absolute atomic E-state index is 0.526. The first kappa shape index (κ1) is 12.1. The largest absolute Gasteiger partial charge is 0.398 e. The minimum atomic E-state index is -0.869. The predicted octanol–water partition coefficient (Wildman–Crippen LogP) is 2.54. The highest BCUT2D eigenvalue weighted by molar-refractivity contribution is 6.51. The third-order valence-electron chi connectivity index (χ3n) is 1.94. The Morgan fingerprint density at radius 1 is 1.08 bits per heavy atom. The van der Waals surface area contributed by atoms with Crippen LogP contribution in [0.5, 0.6) is 0 Å². The van der Waals surface area contributed by atoms with Gasteiger partial charge in [0.25, 0.3) is 0 Å². The SMILES string of the molecule is CCCCOCO[SiH](CC)CC. The molecular formula is C9H22O2Si. The molecule has 3 heteroatoms. The molecule has 2 nitrogen and oxygen atoms in total. The van der Waals surface area contributed by atoms with Crippen molar-refractivity contribution in [3.8, 4) is 0 Å². The average molecular weight is 190 g/mol. The molecule has 0 aromatic carbocycles. The molecule has 0 aliphatic carbocycles. The number of hydrogen-bond donors (Lipinski definition) is 0. The standard InChI is InChI=1S/C9H22O2Si/c1-4-7-8-10-9-11-12(5-2)6-3/h12H,4-9H2,1-3H3. The molecule has 0 amide bonds. The monoisotopic (exact) mass is 190 g/mol. The van der Waals surface area contributed by atoms with Gasteiger partial charge in [-0.3, -0.25) is 0 Å². The Morgan fingerprint density at radius 3 is 2.25 bits per heavy atom. The molecule has 0 rings (SSSR count). The van der Waals surface area contributed by atoms with Crippen molar-refractivity contribution >= 4 is 9.04 Å². The molecule has 0 aliphatic rings. The average Bonchev–Trinajstić information content (AvgIpc) is 2.11. The lowest BCUT2D eigenvalue weighted by Gasteiger charge is -2.11. The van der Waals surface area contributed by atoms with E-state index in [2.05, 4.69) is 20.8 Å². The second-order valence-electron chi connectivity index (χ2n) is 2.98. The molecule has 0 N–H and O–H groups in total. The van der Waals surface area contributed by atoms with E-state index in [9.17, 15) is 0 Å². The summed E-state index contributed by atoms with van der Waals surface area (Å²) in [5, 5.41) is 0. The second kappa shape index (κ2) is 9.23. The quantitative estimate of drug-likeness (QED) is 0.333. The Hall–Kier alpha value is 0.137. The predicted molar refractivity (Wildman–Crippen MR) is 54.9 cm³/mol. The fourth-order valence-corrected chi connectivity index (χ4v) is 2.31. The van der Waals surface area contributed by atoms with Gasteiger partial charge in [-0.05, 0) is 18.5 Å². The maximum absolute atomic E-state index is 5.60. The number of unbranched alkanes of at least 4 members (excludes halogenated alkanes) is 1. The van der Waals surface area contributed by atoms with E-state index in [1.807, 2.05) is 0 Å². The van der Waals surface area contributed by atoms with Crippen molar-refractivity contribution in [1.82, 2.24) is 0 Å². The lowest BCUT2D eigenvalue weighted by atomic mass is 10.4.